The van der Waals surface area contributed by atoms with Crippen molar-refractivity contribution >= 4 is 25.8 Å². The predicted molar refractivity (Wildman–Crippen MR) is 120 cm³/mol. The van der Waals surface area contributed by atoms with Gasteiger partial charge in [0, 0.05) is 13.1 Å². The van der Waals surface area contributed by atoms with Gasteiger partial charge in [0.15, 0.2) is 9.84 Å². The number of benzene rings is 2. The summed E-state index contributed by atoms with van der Waals surface area (Å²) in [5, 5.41) is 9.00. The zero-order chi connectivity index (χ0) is 26.6. The number of rotatable bonds is 10. The maximum Gasteiger partial charge on any atom is 0.573 e. The molecule has 198 valence electrons. The van der Waals surface area contributed by atoms with Gasteiger partial charge in [-0.2, -0.15) is 0 Å². The number of nitrogens with one attached hydrogen (secondary N) is 1. The van der Waals surface area contributed by atoms with E-state index in [0.29, 0.717) is 12.8 Å². The Hall–Kier alpha value is -2.88. The number of amides is 1. The molecule has 2 aromatic rings. The highest BCUT2D eigenvalue weighted by Crippen LogP contribution is 2.28. The Bertz CT molecular complexity index is 1260. The van der Waals surface area contributed by atoms with E-state index in [2.05, 4.69) is 4.74 Å². The van der Waals surface area contributed by atoms with Gasteiger partial charge in [0.2, 0.25) is 15.9 Å². The molecule has 3 rings (SSSR count). The molecule has 2 N–H and O–H groups in total. The molecule has 2 aromatic carbocycles. The van der Waals surface area contributed by atoms with Gasteiger partial charge in [0.1, 0.15) is 17.2 Å². The highest BCUT2D eigenvalue weighted by atomic mass is 32.2. The second kappa shape index (κ2) is 11.0. The molecule has 1 heterocycles. The molecule has 0 spiro atoms. The lowest BCUT2D eigenvalue weighted by Crippen LogP contribution is -2.41. The van der Waals surface area contributed by atoms with Crippen LogP contribution in [0.5, 0.6) is 17.2 Å². The summed E-state index contributed by atoms with van der Waals surface area (Å²) in [4.78, 5) is 11.8. The molecule has 1 saturated heterocycles. The number of halogens is 3. The zero-order valence-electron chi connectivity index (χ0n) is 18.6. The molecule has 1 unspecified atom stereocenters. The summed E-state index contributed by atoms with van der Waals surface area (Å²) in [6.07, 6.45) is -3.51. The van der Waals surface area contributed by atoms with Crippen LogP contribution in [0.4, 0.5) is 13.2 Å². The highest BCUT2D eigenvalue weighted by molar-refractivity contribution is 7.91. The van der Waals surface area contributed by atoms with Gasteiger partial charge in [-0.15, -0.1) is 13.2 Å². The largest absolute Gasteiger partial charge is 0.573 e. The number of carbonyl (C=O) groups is 1. The molecule has 10 nitrogen and oxygen atoms in total. The van der Waals surface area contributed by atoms with Crippen molar-refractivity contribution in [2.24, 2.45) is 5.92 Å². The van der Waals surface area contributed by atoms with E-state index in [1.54, 1.807) is 0 Å². The SMILES string of the molecule is O=C(NO)C(CS(=O)(=O)c1ccc(Oc2ccc(OC(F)(F)F)cc2)cc1)CS(=O)(=O)N1CCCC1. The summed E-state index contributed by atoms with van der Waals surface area (Å²) in [5.74, 6) is -4.46. The Kier molecular flexibility index (Phi) is 8.48. The predicted octanol–water partition coefficient (Wildman–Crippen LogP) is 2.70. The van der Waals surface area contributed by atoms with E-state index >= 15 is 0 Å². The molecule has 0 saturated carbocycles. The second-order valence-electron chi connectivity index (χ2n) is 7.93. The molecule has 1 aliphatic rings. The van der Waals surface area contributed by atoms with Crippen molar-refractivity contribution in [3.63, 3.8) is 0 Å². The quantitative estimate of drug-likeness (QED) is 0.339. The van der Waals surface area contributed by atoms with Crippen molar-refractivity contribution in [2.45, 2.75) is 24.1 Å². The van der Waals surface area contributed by atoms with E-state index in [-0.39, 0.29) is 29.5 Å². The monoisotopic (exact) mass is 552 g/mol. The lowest BCUT2D eigenvalue weighted by molar-refractivity contribution is -0.274. The van der Waals surface area contributed by atoms with Crippen molar-refractivity contribution < 1.29 is 49.5 Å². The first-order valence-electron chi connectivity index (χ1n) is 10.6. The van der Waals surface area contributed by atoms with Crippen LogP contribution in [-0.4, -0.2) is 63.2 Å². The van der Waals surface area contributed by atoms with Gasteiger partial charge in [-0.05, 0) is 61.4 Å². The summed E-state index contributed by atoms with van der Waals surface area (Å²) < 4.78 is 98.1. The molecule has 0 aromatic heterocycles. The standard InChI is InChI=1S/C21H23F3N2O8S2/c22-21(23,24)34-18-5-3-16(4-6-18)33-17-7-9-19(10-8-17)35(29,30)13-15(20(27)25-28)14-36(31,32)26-11-1-2-12-26/h3-10,15,28H,1-2,11-14H2,(H,25,27). The number of hydrogen-bond donors (Lipinski definition) is 2. The van der Waals surface area contributed by atoms with Crippen molar-refractivity contribution in [2.75, 3.05) is 24.6 Å². The smallest absolute Gasteiger partial charge is 0.457 e. The van der Waals surface area contributed by atoms with Gasteiger partial charge >= 0.3 is 6.36 Å². The molecular weight excluding hydrogens is 529 g/mol. The van der Waals surface area contributed by atoms with E-state index in [1.165, 1.54) is 46.2 Å². The number of sulfone groups is 1. The third-order valence-electron chi connectivity index (χ3n) is 5.25. The van der Waals surface area contributed by atoms with Gasteiger partial charge in [0.05, 0.1) is 22.3 Å². The van der Waals surface area contributed by atoms with Crippen LogP contribution >= 0.6 is 0 Å². The van der Waals surface area contributed by atoms with Crippen molar-refractivity contribution in [1.29, 1.82) is 0 Å². The van der Waals surface area contributed by atoms with Crippen molar-refractivity contribution in [1.82, 2.24) is 9.79 Å². The maximum absolute atomic E-state index is 12.9. The fourth-order valence-corrected chi connectivity index (χ4v) is 7.03. The average Bonchev–Trinajstić information content (AvgIpc) is 3.35. The summed E-state index contributed by atoms with van der Waals surface area (Å²) in [7, 11) is -8.07. The van der Waals surface area contributed by atoms with Crippen LogP contribution in [-0.2, 0) is 24.7 Å². The second-order valence-corrected chi connectivity index (χ2v) is 12.0. The number of sulfonamides is 1. The van der Waals surface area contributed by atoms with Gasteiger partial charge in [0.25, 0.3) is 0 Å². The van der Waals surface area contributed by atoms with Crippen molar-refractivity contribution in [3.05, 3.63) is 48.5 Å². The van der Waals surface area contributed by atoms with E-state index in [9.17, 15) is 34.8 Å². The molecule has 15 heteroatoms. The number of carbonyl (C=O) groups excluding carboxylic acids is 1. The lowest BCUT2D eigenvalue weighted by Gasteiger charge is -2.20. The van der Waals surface area contributed by atoms with Gasteiger partial charge in [-0.1, -0.05) is 0 Å². The van der Waals surface area contributed by atoms with E-state index in [4.69, 9.17) is 9.94 Å². The van der Waals surface area contributed by atoms with Crippen LogP contribution in [0.1, 0.15) is 12.8 Å². The molecule has 0 bridgehead atoms. The Morgan fingerprint density at radius 2 is 1.42 bits per heavy atom. The fourth-order valence-electron chi connectivity index (χ4n) is 3.54. The highest BCUT2D eigenvalue weighted by Gasteiger charge is 2.35. The van der Waals surface area contributed by atoms with E-state index < -0.39 is 55.3 Å². The maximum atomic E-state index is 12.9. The van der Waals surface area contributed by atoms with Gasteiger partial charge in [-0.3, -0.25) is 10.0 Å². The average molecular weight is 553 g/mol. The molecule has 36 heavy (non-hydrogen) atoms. The lowest BCUT2D eigenvalue weighted by atomic mass is 10.2. The number of nitrogens with zero attached hydrogens (tertiary/aromatic N) is 1. The summed E-state index contributed by atoms with van der Waals surface area (Å²) >= 11 is 0. The van der Waals surface area contributed by atoms with Gasteiger partial charge < -0.3 is 9.47 Å². The van der Waals surface area contributed by atoms with Crippen LogP contribution in [0.2, 0.25) is 0 Å². The first-order valence-corrected chi connectivity index (χ1v) is 13.8. The van der Waals surface area contributed by atoms with Crippen LogP contribution in [0.25, 0.3) is 0 Å². The molecule has 0 radical (unpaired) electrons. The Morgan fingerprint density at radius 1 is 0.917 bits per heavy atom. The molecule has 0 aliphatic carbocycles. The molecule has 1 atom stereocenters. The van der Waals surface area contributed by atoms with Crippen LogP contribution in [0.3, 0.4) is 0 Å². The minimum absolute atomic E-state index is 0.159. The Morgan fingerprint density at radius 3 is 1.92 bits per heavy atom. The summed E-state index contributed by atoms with van der Waals surface area (Å²) in [5.41, 5.74) is 1.33. The first-order chi connectivity index (χ1) is 16.8. The third kappa shape index (κ3) is 7.56. The number of ether oxygens (including phenoxy) is 2. The normalized spacial score (nSPS) is 15.9. The third-order valence-corrected chi connectivity index (χ3v) is 9.05. The number of hydrogen-bond acceptors (Lipinski definition) is 8. The van der Waals surface area contributed by atoms with E-state index in [1.807, 2.05) is 0 Å². The molecular formula is C21H23F3N2O8S2. The molecule has 1 aliphatic heterocycles. The summed E-state index contributed by atoms with van der Waals surface area (Å²) in [6.45, 7) is 0.560. The minimum atomic E-state index is -4.83. The Labute approximate surface area is 205 Å². The zero-order valence-corrected chi connectivity index (χ0v) is 20.3. The Balaban J connectivity index is 1.69. The topological polar surface area (TPSA) is 139 Å². The first kappa shape index (κ1) is 27.7. The van der Waals surface area contributed by atoms with Crippen LogP contribution in [0, 0.1) is 5.92 Å². The number of alkyl halides is 3. The van der Waals surface area contributed by atoms with Crippen LogP contribution in [0.15, 0.2) is 53.4 Å². The number of hydroxylamine groups is 1. The minimum Gasteiger partial charge on any atom is -0.457 e. The summed E-state index contributed by atoms with van der Waals surface area (Å²) in [6, 6.07) is 9.47. The van der Waals surface area contributed by atoms with E-state index in [0.717, 1.165) is 12.1 Å². The van der Waals surface area contributed by atoms with Crippen molar-refractivity contribution in [3.8, 4) is 17.2 Å². The fraction of sp³-hybridized carbons (Fsp3) is 0.381. The van der Waals surface area contributed by atoms with Crippen LogP contribution < -0.4 is 15.0 Å². The molecule has 1 amide bonds. The van der Waals surface area contributed by atoms with Gasteiger partial charge in [-0.25, -0.2) is 26.6 Å². The molecule has 1 fully saturated rings.